The molecule has 0 aromatic carbocycles. The summed E-state index contributed by atoms with van der Waals surface area (Å²) in [7, 11) is 0. The molecule has 0 bridgehead atoms. The van der Waals surface area contributed by atoms with Gasteiger partial charge in [0.15, 0.2) is 0 Å². The summed E-state index contributed by atoms with van der Waals surface area (Å²) in [6.45, 7) is 3.56. The van der Waals surface area contributed by atoms with E-state index in [1.54, 1.807) is 0 Å². The van der Waals surface area contributed by atoms with Crippen LogP contribution in [0.15, 0.2) is 24.8 Å². The minimum absolute atomic E-state index is 0.633. The van der Waals surface area contributed by atoms with Crippen molar-refractivity contribution in [2.75, 3.05) is 0 Å². The van der Waals surface area contributed by atoms with E-state index in [0.29, 0.717) is 6.42 Å². The topological polar surface area (TPSA) is 17.1 Å². The molecule has 0 saturated heterocycles. The molecule has 0 aromatic heterocycles. The van der Waals surface area contributed by atoms with E-state index in [9.17, 15) is 4.79 Å². The fourth-order valence-corrected chi connectivity index (χ4v) is 0.475. The van der Waals surface area contributed by atoms with Crippen molar-refractivity contribution >= 4 is 6.29 Å². The normalized spacial score (nSPS) is 9.78. The highest BCUT2D eigenvalue weighted by atomic mass is 16.1. The maximum Gasteiger partial charge on any atom is 0.120 e. The molecule has 0 aliphatic rings. The Kier molecular flexibility index (Phi) is 6.47. The van der Waals surface area contributed by atoms with Gasteiger partial charge in [0.1, 0.15) is 6.29 Å². The molecule has 0 aromatic rings. The predicted octanol–water partition coefficient (Wildman–Crippen LogP) is 2.10. The quantitative estimate of drug-likeness (QED) is 0.311. The Hall–Kier alpha value is -0.850. The highest BCUT2D eigenvalue weighted by Crippen LogP contribution is 1.89. The number of allylic oxidation sites excluding steroid dienone is 3. The maximum absolute atomic E-state index is 9.78. The highest BCUT2D eigenvalue weighted by Gasteiger charge is 1.74. The van der Waals surface area contributed by atoms with Crippen LogP contribution in [0.2, 0.25) is 0 Å². The van der Waals surface area contributed by atoms with Gasteiger partial charge in [-0.1, -0.05) is 18.2 Å². The fourth-order valence-electron chi connectivity index (χ4n) is 0.475. The summed E-state index contributed by atoms with van der Waals surface area (Å²) in [5, 5.41) is 0. The van der Waals surface area contributed by atoms with Crippen LogP contribution in [0.25, 0.3) is 0 Å². The first kappa shape index (κ1) is 8.15. The van der Waals surface area contributed by atoms with E-state index in [2.05, 4.69) is 6.58 Å². The minimum Gasteiger partial charge on any atom is -0.303 e. The summed E-state index contributed by atoms with van der Waals surface area (Å²) in [5.74, 6) is 0. The van der Waals surface area contributed by atoms with Gasteiger partial charge < -0.3 is 4.79 Å². The second-order valence-electron chi connectivity index (χ2n) is 1.74. The Labute approximate surface area is 56.1 Å². The molecule has 0 saturated carbocycles. The van der Waals surface area contributed by atoms with Crippen molar-refractivity contribution in [3.8, 4) is 0 Å². The van der Waals surface area contributed by atoms with E-state index in [4.69, 9.17) is 0 Å². The molecule has 0 aliphatic carbocycles. The summed E-state index contributed by atoms with van der Waals surface area (Å²) < 4.78 is 0. The van der Waals surface area contributed by atoms with Gasteiger partial charge in [0.25, 0.3) is 0 Å². The Morgan fingerprint density at radius 2 is 2.00 bits per heavy atom. The van der Waals surface area contributed by atoms with Crippen molar-refractivity contribution in [3.05, 3.63) is 24.8 Å². The zero-order valence-corrected chi connectivity index (χ0v) is 5.55. The number of carbonyl (C=O) groups is 1. The Balaban J connectivity index is 3.03. The molecule has 0 aliphatic heterocycles. The second-order valence-corrected chi connectivity index (χ2v) is 1.74. The highest BCUT2D eigenvalue weighted by molar-refractivity contribution is 5.49. The zero-order chi connectivity index (χ0) is 6.95. The van der Waals surface area contributed by atoms with Crippen LogP contribution in [0.1, 0.15) is 19.3 Å². The van der Waals surface area contributed by atoms with Crippen molar-refractivity contribution in [1.29, 1.82) is 0 Å². The number of carbonyl (C=O) groups excluding carboxylic acids is 1. The van der Waals surface area contributed by atoms with E-state index < -0.39 is 0 Å². The Bertz CT molecular complexity index is 103. The molecule has 9 heavy (non-hydrogen) atoms. The molecule has 1 heteroatoms. The van der Waals surface area contributed by atoms with Gasteiger partial charge >= 0.3 is 0 Å². The lowest BCUT2D eigenvalue weighted by atomic mass is 10.3. The first-order valence-corrected chi connectivity index (χ1v) is 3.11. The smallest absolute Gasteiger partial charge is 0.120 e. The van der Waals surface area contributed by atoms with Gasteiger partial charge in [-0.3, -0.25) is 0 Å². The summed E-state index contributed by atoms with van der Waals surface area (Å²) >= 11 is 0. The van der Waals surface area contributed by atoms with Crippen LogP contribution >= 0.6 is 0 Å². The van der Waals surface area contributed by atoms with Crippen molar-refractivity contribution < 1.29 is 4.79 Å². The van der Waals surface area contributed by atoms with Crippen molar-refractivity contribution in [1.82, 2.24) is 0 Å². The summed E-state index contributed by atoms with van der Waals surface area (Å²) in [6, 6.07) is 0. The monoisotopic (exact) mass is 124 g/mol. The standard InChI is InChI=1S/C8H12O/c1-2-3-4-5-6-7-8-9/h2,4-5,8H,1,3,6-7H2. The summed E-state index contributed by atoms with van der Waals surface area (Å²) in [4.78, 5) is 9.78. The fraction of sp³-hybridized carbons (Fsp3) is 0.375. The SMILES string of the molecule is C=CCC=CCCC=O. The van der Waals surface area contributed by atoms with Gasteiger partial charge in [0.05, 0.1) is 0 Å². The molecule has 0 N–H and O–H groups in total. The number of hydrogen-bond donors (Lipinski definition) is 0. The van der Waals surface area contributed by atoms with Gasteiger partial charge in [-0.05, 0) is 12.8 Å². The first-order valence-electron chi connectivity index (χ1n) is 3.11. The van der Waals surface area contributed by atoms with Crippen LogP contribution in [0.4, 0.5) is 0 Å². The summed E-state index contributed by atoms with van der Waals surface area (Å²) in [6.07, 6.45) is 9.16. The van der Waals surface area contributed by atoms with Gasteiger partial charge in [0, 0.05) is 6.42 Å². The average Bonchev–Trinajstić information content (AvgIpc) is 1.89. The van der Waals surface area contributed by atoms with E-state index >= 15 is 0 Å². The lowest BCUT2D eigenvalue weighted by molar-refractivity contribution is -0.107. The predicted molar refractivity (Wildman–Crippen MR) is 39.3 cm³/mol. The van der Waals surface area contributed by atoms with Crippen molar-refractivity contribution in [2.24, 2.45) is 0 Å². The molecular formula is C8H12O. The molecule has 0 unspecified atom stereocenters. The Morgan fingerprint density at radius 3 is 2.56 bits per heavy atom. The van der Waals surface area contributed by atoms with E-state index in [-0.39, 0.29) is 0 Å². The van der Waals surface area contributed by atoms with E-state index in [0.717, 1.165) is 19.1 Å². The molecule has 0 heterocycles. The van der Waals surface area contributed by atoms with Crippen LogP contribution in [0.3, 0.4) is 0 Å². The van der Waals surface area contributed by atoms with Crippen LogP contribution in [0.5, 0.6) is 0 Å². The third kappa shape index (κ3) is 7.15. The average molecular weight is 124 g/mol. The first-order chi connectivity index (χ1) is 4.41. The molecule has 0 spiro atoms. The third-order valence-corrected chi connectivity index (χ3v) is 0.921. The lowest BCUT2D eigenvalue weighted by Gasteiger charge is -1.80. The van der Waals surface area contributed by atoms with Crippen molar-refractivity contribution in [3.63, 3.8) is 0 Å². The van der Waals surface area contributed by atoms with Gasteiger partial charge in [-0.15, -0.1) is 6.58 Å². The molecular weight excluding hydrogens is 112 g/mol. The van der Waals surface area contributed by atoms with E-state index in [1.165, 1.54) is 0 Å². The van der Waals surface area contributed by atoms with Crippen LogP contribution in [-0.4, -0.2) is 6.29 Å². The lowest BCUT2D eigenvalue weighted by Crippen LogP contribution is -1.69. The van der Waals surface area contributed by atoms with Gasteiger partial charge in [-0.25, -0.2) is 0 Å². The number of rotatable bonds is 5. The summed E-state index contributed by atoms with van der Waals surface area (Å²) in [5.41, 5.74) is 0. The van der Waals surface area contributed by atoms with E-state index in [1.807, 2.05) is 18.2 Å². The zero-order valence-electron chi connectivity index (χ0n) is 5.55. The number of unbranched alkanes of at least 4 members (excludes halogenated alkanes) is 1. The Morgan fingerprint density at radius 1 is 1.22 bits per heavy atom. The van der Waals surface area contributed by atoms with Crippen LogP contribution in [-0.2, 0) is 4.79 Å². The molecule has 0 rings (SSSR count). The molecule has 0 fully saturated rings. The molecule has 0 amide bonds. The number of hydrogen-bond acceptors (Lipinski definition) is 1. The molecule has 0 radical (unpaired) electrons. The number of aldehydes is 1. The maximum atomic E-state index is 9.78. The van der Waals surface area contributed by atoms with Crippen LogP contribution in [0, 0.1) is 0 Å². The third-order valence-electron chi connectivity index (χ3n) is 0.921. The van der Waals surface area contributed by atoms with Gasteiger partial charge in [0.2, 0.25) is 0 Å². The minimum atomic E-state index is 0.633. The second kappa shape index (κ2) is 7.15. The molecule has 50 valence electrons. The van der Waals surface area contributed by atoms with Gasteiger partial charge in [-0.2, -0.15) is 0 Å². The largest absolute Gasteiger partial charge is 0.303 e. The van der Waals surface area contributed by atoms with Crippen LogP contribution < -0.4 is 0 Å². The van der Waals surface area contributed by atoms with Crippen molar-refractivity contribution in [2.45, 2.75) is 19.3 Å². The molecule has 1 nitrogen and oxygen atoms in total. The molecule has 0 atom stereocenters.